The van der Waals surface area contributed by atoms with Gasteiger partial charge in [0.15, 0.2) is 11.5 Å². The lowest BCUT2D eigenvalue weighted by atomic mass is 10.2. The van der Waals surface area contributed by atoms with E-state index in [9.17, 15) is 0 Å². The van der Waals surface area contributed by atoms with Gasteiger partial charge in [0.05, 0.1) is 17.4 Å². The van der Waals surface area contributed by atoms with Crippen molar-refractivity contribution in [3.8, 4) is 17.5 Å². The highest BCUT2D eigenvalue weighted by molar-refractivity contribution is 6.36. The van der Waals surface area contributed by atoms with Gasteiger partial charge in [-0.05, 0) is 25.1 Å². The number of hydrogen-bond acceptors (Lipinski definition) is 7. The molecule has 9 heteroatoms. The molecule has 0 aliphatic carbocycles. The molecule has 0 atom stereocenters. The molecule has 2 N–H and O–H groups in total. The molecule has 0 bridgehead atoms. The van der Waals surface area contributed by atoms with Gasteiger partial charge < -0.3 is 10.6 Å². The highest BCUT2D eigenvalue weighted by atomic mass is 35.5. The molecule has 0 aliphatic rings. The Labute approximate surface area is 166 Å². The summed E-state index contributed by atoms with van der Waals surface area (Å²) in [4.78, 5) is 17.0. The summed E-state index contributed by atoms with van der Waals surface area (Å²) in [5, 5.41) is 16.1. The molecule has 0 amide bonds. The van der Waals surface area contributed by atoms with Crippen LogP contribution in [0.25, 0.3) is 11.4 Å². The summed E-state index contributed by atoms with van der Waals surface area (Å²) in [6.45, 7) is 3.09. The summed E-state index contributed by atoms with van der Waals surface area (Å²) >= 11 is 12.2. The predicted molar refractivity (Wildman–Crippen MR) is 106 cm³/mol. The van der Waals surface area contributed by atoms with Gasteiger partial charge in [0.25, 0.3) is 0 Å². The number of aromatic nitrogens is 4. The molecule has 0 saturated carbocycles. The third-order valence-electron chi connectivity index (χ3n) is 3.53. The number of rotatable bonds is 6. The van der Waals surface area contributed by atoms with Crippen LogP contribution in [-0.2, 0) is 0 Å². The number of nitrogens with zero attached hydrogens (tertiary/aromatic N) is 5. The average Bonchev–Trinajstić information content (AvgIpc) is 2.65. The van der Waals surface area contributed by atoms with Crippen LogP contribution in [0.3, 0.4) is 0 Å². The Balaban J connectivity index is 1.63. The minimum atomic E-state index is 0.281. The molecule has 7 nitrogen and oxygen atoms in total. The minimum Gasteiger partial charge on any atom is -0.368 e. The highest BCUT2D eigenvalue weighted by Crippen LogP contribution is 2.28. The van der Waals surface area contributed by atoms with Crippen LogP contribution in [0.1, 0.15) is 11.4 Å². The summed E-state index contributed by atoms with van der Waals surface area (Å²) in [5.41, 5.74) is 1.82. The van der Waals surface area contributed by atoms with Gasteiger partial charge in [-0.25, -0.2) is 19.9 Å². The number of halogens is 2. The Bertz CT molecular complexity index is 984. The van der Waals surface area contributed by atoms with Crippen molar-refractivity contribution < 1.29 is 0 Å². The van der Waals surface area contributed by atoms with E-state index in [1.54, 1.807) is 18.2 Å². The Morgan fingerprint density at radius 3 is 2.44 bits per heavy atom. The van der Waals surface area contributed by atoms with Crippen LogP contribution in [0, 0.1) is 18.3 Å². The maximum atomic E-state index is 8.72. The van der Waals surface area contributed by atoms with Gasteiger partial charge in [0.1, 0.15) is 17.7 Å². The number of anilines is 2. The van der Waals surface area contributed by atoms with E-state index >= 15 is 0 Å². The zero-order valence-electron chi connectivity index (χ0n) is 14.4. The average molecular weight is 400 g/mol. The van der Waals surface area contributed by atoms with Gasteiger partial charge >= 0.3 is 0 Å². The minimum absolute atomic E-state index is 0.281. The highest BCUT2D eigenvalue weighted by Gasteiger charge is 2.09. The first-order chi connectivity index (χ1) is 13.0. The van der Waals surface area contributed by atoms with Crippen molar-refractivity contribution in [2.45, 2.75) is 6.92 Å². The number of aryl methyl sites for hydroxylation is 1. The van der Waals surface area contributed by atoms with E-state index in [1.165, 1.54) is 12.4 Å². The summed E-state index contributed by atoms with van der Waals surface area (Å²) in [5.74, 6) is 1.82. The van der Waals surface area contributed by atoms with Gasteiger partial charge in [-0.3, -0.25) is 0 Å². The molecular weight excluding hydrogens is 385 g/mol. The monoisotopic (exact) mass is 399 g/mol. The fourth-order valence-electron chi connectivity index (χ4n) is 2.31. The summed E-state index contributed by atoms with van der Waals surface area (Å²) in [6, 6.07) is 9.01. The maximum absolute atomic E-state index is 8.72. The second-order valence-corrected chi connectivity index (χ2v) is 6.44. The third kappa shape index (κ3) is 5.03. The van der Waals surface area contributed by atoms with Gasteiger partial charge in [-0.15, -0.1) is 0 Å². The van der Waals surface area contributed by atoms with Crippen molar-refractivity contribution in [3.05, 3.63) is 58.1 Å². The summed E-state index contributed by atoms with van der Waals surface area (Å²) in [6.07, 6.45) is 2.94. The standard InChI is InChI=1S/C18H15Cl2N7/c1-11-6-16(22-4-5-23-17-10-24-13(8-21)9-25-17)27-18(26-11)14-3-2-12(19)7-15(14)20/h2-3,6-7,9-10H,4-5H2,1H3,(H,23,25)(H,22,26,27). The van der Waals surface area contributed by atoms with E-state index in [-0.39, 0.29) is 5.69 Å². The lowest BCUT2D eigenvalue weighted by molar-refractivity contribution is 1.02. The van der Waals surface area contributed by atoms with E-state index in [0.29, 0.717) is 40.6 Å². The normalized spacial score (nSPS) is 10.3. The van der Waals surface area contributed by atoms with E-state index in [1.807, 2.05) is 19.1 Å². The molecule has 0 fully saturated rings. The molecule has 136 valence electrons. The van der Waals surface area contributed by atoms with Crippen molar-refractivity contribution in [1.29, 1.82) is 5.26 Å². The number of hydrogen-bond donors (Lipinski definition) is 2. The van der Waals surface area contributed by atoms with E-state index in [4.69, 9.17) is 28.5 Å². The molecule has 0 saturated heterocycles. The van der Waals surface area contributed by atoms with E-state index < -0.39 is 0 Å². The fraction of sp³-hybridized carbons (Fsp3) is 0.167. The Morgan fingerprint density at radius 1 is 1.00 bits per heavy atom. The first-order valence-corrected chi connectivity index (χ1v) is 8.82. The summed E-state index contributed by atoms with van der Waals surface area (Å²) < 4.78 is 0. The molecule has 27 heavy (non-hydrogen) atoms. The molecule has 3 rings (SSSR count). The van der Waals surface area contributed by atoms with Crippen LogP contribution in [0.15, 0.2) is 36.7 Å². The van der Waals surface area contributed by atoms with Crippen LogP contribution in [0.2, 0.25) is 10.0 Å². The van der Waals surface area contributed by atoms with E-state index in [0.717, 1.165) is 11.3 Å². The Morgan fingerprint density at radius 2 is 1.78 bits per heavy atom. The van der Waals surface area contributed by atoms with Crippen molar-refractivity contribution in [3.63, 3.8) is 0 Å². The SMILES string of the molecule is Cc1cc(NCCNc2cnc(C#N)cn2)nc(-c2ccc(Cl)cc2Cl)n1. The number of benzene rings is 1. The third-order valence-corrected chi connectivity index (χ3v) is 4.08. The molecular formula is C18H15Cl2N7. The fourth-order valence-corrected chi connectivity index (χ4v) is 2.80. The lowest BCUT2D eigenvalue weighted by Gasteiger charge is -2.10. The number of nitriles is 1. The second kappa shape index (κ2) is 8.62. The zero-order chi connectivity index (χ0) is 19.2. The van der Waals surface area contributed by atoms with Crippen molar-refractivity contribution in [2.75, 3.05) is 23.7 Å². The van der Waals surface area contributed by atoms with Crippen LogP contribution in [0.4, 0.5) is 11.6 Å². The van der Waals surface area contributed by atoms with Crippen molar-refractivity contribution in [1.82, 2.24) is 19.9 Å². The van der Waals surface area contributed by atoms with Crippen LogP contribution in [-0.4, -0.2) is 33.0 Å². The first-order valence-electron chi connectivity index (χ1n) is 8.06. The molecule has 0 radical (unpaired) electrons. The van der Waals surface area contributed by atoms with Crippen LogP contribution < -0.4 is 10.6 Å². The molecule has 0 unspecified atom stereocenters. The van der Waals surface area contributed by atoms with Gasteiger partial charge in [0.2, 0.25) is 0 Å². The Kier molecular flexibility index (Phi) is 6.01. The zero-order valence-corrected chi connectivity index (χ0v) is 15.9. The lowest BCUT2D eigenvalue weighted by Crippen LogP contribution is -2.15. The van der Waals surface area contributed by atoms with Crippen LogP contribution in [0.5, 0.6) is 0 Å². The molecule has 2 aromatic heterocycles. The summed E-state index contributed by atoms with van der Waals surface area (Å²) in [7, 11) is 0. The van der Waals surface area contributed by atoms with Crippen LogP contribution >= 0.6 is 23.2 Å². The first kappa shape index (κ1) is 18.8. The molecule has 3 aromatic rings. The van der Waals surface area contributed by atoms with Gasteiger partial charge in [-0.1, -0.05) is 23.2 Å². The topological polar surface area (TPSA) is 99.4 Å². The predicted octanol–water partition coefficient (Wildman–Crippen LogP) is 3.94. The smallest absolute Gasteiger partial charge is 0.163 e. The quantitative estimate of drug-likeness (QED) is 0.605. The largest absolute Gasteiger partial charge is 0.368 e. The van der Waals surface area contributed by atoms with Crippen molar-refractivity contribution in [2.24, 2.45) is 0 Å². The van der Waals surface area contributed by atoms with Gasteiger partial charge in [0, 0.05) is 35.4 Å². The molecule has 0 spiro atoms. The molecule has 1 aromatic carbocycles. The number of nitrogens with one attached hydrogen (secondary N) is 2. The molecule has 0 aliphatic heterocycles. The Hall–Kier alpha value is -2.95. The van der Waals surface area contributed by atoms with Crippen molar-refractivity contribution >= 4 is 34.8 Å². The molecule has 2 heterocycles. The van der Waals surface area contributed by atoms with Gasteiger partial charge in [-0.2, -0.15) is 5.26 Å². The second-order valence-electron chi connectivity index (χ2n) is 5.59. The van der Waals surface area contributed by atoms with E-state index in [2.05, 4.69) is 30.6 Å². The maximum Gasteiger partial charge on any atom is 0.163 e.